The first-order valence-electron chi connectivity index (χ1n) is 7.68. The fourth-order valence-electron chi connectivity index (χ4n) is 2.33. The summed E-state index contributed by atoms with van der Waals surface area (Å²) in [5.74, 6) is 0.744. The van der Waals surface area contributed by atoms with Crippen molar-refractivity contribution in [1.29, 1.82) is 0 Å². The van der Waals surface area contributed by atoms with Crippen molar-refractivity contribution in [2.75, 3.05) is 39.4 Å². The molecular weight excluding hydrogens is 224 g/mol. The van der Waals surface area contributed by atoms with Gasteiger partial charge in [0.05, 0.1) is 6.61 Å². The van der Waals surface area contributed by atoms with Crippen LogP contribution in [0.4, 0.5) is 0 Å². The molecule has 0 spiro atoms. The molecule has 1 N–H and O–H groups in total. The Morgan fingerprint density at radius 1 is 1.06 bits per heavy atom. The molecule has 0 saturated carbocycles. The second-order valence-electron chi connectivity index (χ2n) is 5.31. The molecule has 0 bridgehead atoms. The quantitative estimate of drug-likeness (QED) is 0.545. The van der Waals surface area contributed by atoms with E-state index in [1.807, 2.05) is 6.92 Å². The van der Waals surface area contributed by atoms with E-state index in [0.29, 0.717) is 0 Å². The maximum atomic E-state index is 5.32. The summed E-state index contributed by atoms with van der Waals surface area (Å²) in [6, 6.07) is 0.737. The minimum atomic E-state index is 0.737. The number of rotatable bonds is 12. The maximum absolute atomic E-state index is 5.32. The summed E-state index contributed by atoms with van der Waals surface area (Å²) in [6.07, 6.45) is 2.50. The lowest BCUT2D eigenvalue weighted by Crippen LogP contribution is -2.41. The second kappa shape index (κ2) is 11.9. The Bertz CT molecular complexity index is 170. The van der Waals surface area contributed by atoms with Gasteiger partial charge in [-0.3, -0.25) is 4.90 Å². The summed E-state index contributed by atoms with van der Waals surface area (Å²) in [4.78, 5) is 2.64. The predicted molar refractivity (Wildman–Crippen MR) is 80.1 cm³/mol. The highest BCUT2D eigenvalue weighted by Crippen LogP contribution is 2.10. The average molecular weight is 258 g/mol. The first kappa shape index (κ1) is 17.9. The van der Waals surface area contributed by atoms with Gasteiger partial charge in [0.15, 0.2) is 0 Å². The van der Waals surface area contributed by atoms with E-state index in [-0.39, 0.29) is 0 Å². The van der Waals surface area contributed by atoms with Crippen molar-refractivity contribution < 1.29 is 4.74 Å². The summed E-state index contributed by atoms with van der Waals surface area (Å²) < 4.78 is 5.32. The van der Waals surface area contributed by atoms with Gasteiger partial charge in [0.2, 0.25) is 0 Å². The fraction of sp³-hybridized carbons (Fsp3) is 1.00. The van der Waals surface area contributed by atoms with Crippen molar-refractivity contribution in [3.8, 4) is 0 Å². The Balaban J connectivity index is 3.86. The van der Waals surface area contributed by atoms with E-state index in [2.05, 4.69) is 37.9 Å². The molecule has 0 unspecified atom stereocenters. The van der Waals surface area contributed by atoms with Gasteiger partial charge in [-0.05, 0) is 25.7 Å². The van der Waals surface area contributed by atoms with Crippen LogP contribution in [-0.2, 0) is 4.74 Å². The largest absolute Gasteiger partial charge is 0.380 e. The van der Waals surface area contributed by atoms with E-state index in [1.165, 1.54) is 19.4 Å². The smallest absolute Gasteiger partial charge is 0.0590 e. The molecule has 0 rings (SSSR count). The van der Waals surface area contributed by atoms with Crippen LogP contribution < -0.4 is 5.32 Å². The molecule has 0 aliphatic rings. The van der Waals surface area contributed by atoms with Gasteiger partial charge in [0, 0.05) is 38.8 Å². The predicted octanol–water partition coefficient (Wildman–Crippen LogP) is 2.76. The van der Waals surface area contributed by atoms with Crippen molar-refractivity contribution in [2.45, 2.75) is 53.5 Å². The van der Waals surface area contributed by atoms with Crippen molar-refractivity contribution in [3.05, 3.63) is 0 Å². The zero-order valence-electron chi connectivity index (χ0n) is 13.2. The van der Waals surface area contributed by atoms with E-state index < -0.39 is 0 Å². The molecule has 3 heteroatoms. The third kappa shape index (κ3) is 8.90. The van der Waals surface area contributed by atoms with Crippen LogP contribution in [0.15, 0.2) is 0 Å². The first-order chi connectivity index (χ1) is 8.65. The van der Waals surface area contributed by atoms with Crippen molar-refractivity contribution in [1.82, 2.24) is 10.2 Å². The van der Waals surface area contributed by atoms with Crippen LogP contribution in [0.2, 0.25) is 0 Å². The van der Waals surface area contributed by atoms with E-state index in [1.54, 1.807) is 0 Å². The lowest BCUT2D eigenvalue weighted by atomic mass is 10.1. The molecule has 0 saturated heterocycles. The molecule has 0 atom stereocenters. The molecule has 0 aliphatic carbocycles. The normalized spacial score (nSPS) is 12.0. The van der Waals surface area contributed by atoms with Gasteiger partial charge < -0.3 is 10.1 Å². The molecule has 0 aromatic carbocycles. The van der Waals surface area contributed by atoms with Gasteiger partial charge in [0.25, 0.3) is 0 Å². The molecule has 0 fully saturated rings. The third-order valence-corrected chi connectivity index (χ3v) is 3.26. The van der Waals surface area contributed by atoms with Crippen LogP contribution in [-0.4, -0.2) is 50.3 Å². The highest BCUT2D eigenvalue weighted by molar-refractivity contribution is 4.71. The Hall–Kier alpha value is -0.120. The standard InChI is InChI=1S/C15H34N2O/c1-6-15(7-2)17(13-14(4)5)11-9-16-10-12-18-8-3/h14-16H,6-13H2,1-5H3. The van der Waals surface area contributed by atoms with Crippen LogP contribution in [0.25, 0.3) is 0 Å². The molecule has 0 aromatic heterocycles. The SMILES string of the molecule is CCOCCNCCN(CC(C)C)C(CC)CC. The number of hydrogen-bond donors (Lipinski definition) is 1. The van der Waals surface area contributed by atoms with Crippen molar-refractivity contribution >= 4 is 0 Å². The summed E-state index contributed by atoms with van der Waals surface area (Å²) in [5, 5.41) is 3.46. The molecule has 0 aromatic rings. The van der Waals surface area contributed by atoms with Crippen molar-refractivity contribution in [2.24, 2.45) is 5.92 Å². The minimum Gasteiger partial charge on any atom is -0.380 e. The monoisotopic (exact) mass is 258 g/mol. The zero-order valence-corrected chi connectivity index (χ0v) is 13.2. The maximum Gasteiger partial charge on any atom is 0.0590 e. The highest BCUT2D eigenvalue weighted by atomic mass is 16.5. The Labute approximate surface area is 114 Å². The van der Waals surface area contributed by atoms with Gasteiger partial charge in [-0.15, -0.1) is 0 Å². The highest BCUT2D eigenvalue weighted by Gasteiger charge is 2.15. The minimum absolute atomic E-state index is 0.737. The lowest BCUT2D eigenvalue weighted by molar-refractivity contribution is 0.142. The van der Waals surface area contributed by atoms with E-state index >= 15 is 0 Å². The van der Waals surface area contributed by atoms with Crippen LogP contribution >= 0.6 is 0 Å². The number of ether oxygens (including phenoxy) is 1. The zero-order chi connectivity index (χ0) is 13.8. The Morgan fingerprint density at radius 3 is 2.22 bits per heavy atom. The van der Waals surface area contributed by atoms with Gasteiger partial charge in [-0.2, -0.15) is 0 Å². The van der Waals surface area contributed by atoms with Gasteiger partial charge in [0.1, 0.15) is 0 Å². The average Bonchev–Trinajstić information content (AvgIpc) is 2.34. The van der Waals surface area contributed by atoms with Crippen LogP contribution in [0.1, 0.15) is 47.5 Å². The summed E-state index contributed by atoms with van der Waals surface area (Å²) in [6.45, 7) is 17.3. The molecule has 110 valence electrons. The van der Waals surface area contributed by atoms with Crippen LogP contribution in [0, 0.1) is 5.92 Å². The van der Waals surface area contributed by atoms with Gasteiger partial charge >= 0.3 is 0 Å². The first-order valence-corrected chi connectivity index (χ1v) is 7.68. The van der Waals surface area contributed by atoms with Crippen LogP contribution in [0.5, 0.6) is 0 Å². The van der Waals surface area contributed by atoms with Gasteiger partial charge in [-0.1, -0.05) is 27.7 Å². The van der Waals surface area contributed by atoms with E-state index in [0.717, 1.165) is 44.8 Å². The summed E-state index contributed by atoms with van der Waals surface area (Å²) in [5.41, 5.74) is 0. The Kier molecular flexibility index (Phi) is 11.9. The van der Waals surface area contributed by atoms with E-state index in [4.69, 9.17) is 4.74 Å². The topological polar surface area (TPSA) is 24.5 Å². The van der Waals surface area contributed by atoms with Crippen LogP contribution in [0.3, 0.4) is 0 Å². The summed E-state index contributed by atoms with van der Waals surface area (Å²) in [7, 11) is 0. The molecule has 3 nitrogen and oxygen atoms in total. The number of nitrogens with one attached hydrogen (secondary N) is 1. The molecular formula is C15H34N2O. The molecule has 0 aliphatic heterocycles. The molecule has 0 heterocycles. The molecule has 18 heavy (non-hydrogen) atoms. The number of nitrogens with zero attached hydrogens (tertiary/aromatic N) is 1. The fourth-order valence-corrected chi connectivity index (χ4v) is 2.33. The molecule has 0 amide bonds. The summed E-state index contributed by atoms with van der Waals surface area (Å²) >= 11 is 0. The second-order valence-corrected chi connectivity index (χ2v) is 5.31. The lowest BCUT2D eigenvalue weighted by Gasteiger charge is -2.32. The Morgan fingerprint density at radius 2 is 1.72 bits per heavy atom. The van der Waals surface area contributed by atoms with Crippen molar-refractivity contribution in [3.63, 3.8) is 0 Å². The van der Waals surface area contributed by atoms with Gasteiger partial charge in [-0.25, -0.2) is 0 Å². The third-order valence-electron chi connectivity index (χ3n) is 3.26. The van der Waals surface area contributed by atoms with E-state index in [9.17, 15) is 0 Å². The number of hydrogen-bond acceptors (Lipinski definition) is 3. The molecule has 0 radical (unpaired) electrons.